The summed E-state index contributed by atoms with van der Waals surface area (Å²) in [6.45, 7) is 0. The Morgan fingerprint density at radius 2 is 1.90 bits per heavy atom. The van der Waals surface area contributed by atoms with Gasteiger partial charge in [0.15, 0.2) is 0 Å². The molecule has 7 nitrogen and oxygen atoms in total. The van der Waals surface area contributed by atoms with Crippen molar-refractivity contribution in [3.8, 4) is 0 Å². The number of rotatable bonds is 4. The van der Waals surface area contributed by atoms with E-state index in [1.54, 1.807) is 0 Å². The average Bonchev–Trinajstić information content (AvgIpc) is 2.85. The van der Waals surface area contributed by atoms with Gasteiger partial charge in [0, 0.05) is 6.04 Å². The van der Waals surface area contributed by atoms with Gasteiger partial charge in [-0.15, -0.1) is 0 Å². The van der Waals surface area contributed by atoms with E-state index in [-0.39, 0.29) is 5.69 Å². The van der Waals surface area contributed by atoms with Crippen LogP contribution in [0.4, 0.5) is 17.3 Å². The Kier molecular flexibility index (Phi) is 2.41. The lowest BCUT2D eigenvalue weighted by Crippen LogP contribution is -2.15. The van der Waals surface area contributed by atoms with Crippen LogP contribution in [0.15, 0.2) is 12.1 Å². The van der Waals surface area contributed by atoms with E-state index in [2.05, 4.69) is 15.7 Å². The summed E-state index contributed by atoms with van der Waals surface area (Å²) in [5.41, 5.74) is 2.38. The van der Waals surface area contributed by atoms with Crippen LogP contribution in [0.5, 0.6) is 0 Å². The molecular weight excluding hydrogens is 258 g/mol. The van der Waals surface area contributed by atoms with Gasteiger partial charge in [-0.1, -0.05) is 0 Å². The van der Waals surface area contributed by atoms with E-state index < -0.39 is 4.92 Å². The molecule has 0 radical (unpaired) electrons. The molecule has 1 aromatic rings. The second-order valence-electron chi connectivity index (χ2n) is 6.16. The Balaban J connectivity index is 1.55. The van der Waals surface area contributed by atoms with E-state index in [0.717, 1.165) is 23.7 Å². The topological polar surface area (TPSA) is 106 Å². The molecule has 1 heterocycles. The molecule has 0 saturated heterocycles. The van der Waals surface area contributed by atoms with Crippen molar-refractivity contribution in [3.05, 3.63) is 22.2 Å². The van der Waals surface area contributed by atoms with Crippen LogP contribution in [0.1, 0.15) is 19.3 Å². The van der Waals surface area contributed by atoms with E-state index in [9.17, 15) is 10.1 Å². The van der Waals surface area contributed by atoms with E-state index in [1.807, 2.05) is 0 Å². The smallest absolute Gasteiger partial charge is 0.276 e. The van der Waals surface area contributed by atoms with Crippen molar-refractivity contribution in [2.24, 2.45) is 29.5 Å². The molecule has 0 amide bonds. The molecule has 4 atom stereocenters. The van der Waals surface area contributed by atoms with Crippen LogP contribution in [0.3, 0.4) is 0 Å². The van der Waals surface area contributed by atoms with Crippen molar-refractivity contribution < 1.29 is 4.92 Å². The predicted octanol–water partition coefficient (Wildman–Crippen LogP) is 1.73. The zero-order chi connectivity index (χ0) is 13.9. The third-order valence-electron chi connectivity index (χ3n) is 5.22. The number of hydrogen-bond donors (Lipinski definition) is 3. The highest BCUT2D eigenvalue weighted by Crippen LogP contribution is 2.66. The Bertz CT molecular complexity index is 562. The molecule has 3 aliphatic carbocycles. The first-order chi connectivity index (χ1) is 9.67. The predicted molar refractivity (Wildman–Crippen MR) is 73.9 cm³/mol. The maximum absolute atomic E-state index is 10.9. The number of pyridine rings is 1. The van der Waals surface area contributed by atoms with Gasteiger partial charge in [-0.3, -0.25) is 10.1 Å². The number of hydrogen-bond acceptors (Lipinski definition) is 6. The highest BCUT2D eigenvalue weighted by Gasteiger charge is 2.65. The van der Waals surface area contributed by atoms with Crippen LogP contribution in [0.25, 0.3) is 0 Å². The van der Waals surface area contributed by atoms with Crippen LogP contribution < -0.4 is 16.6 Å². The molecule has 3 aliphatic rings. The number of nitro groups is 1. The second-order valence-corrected chi connectivity index (χ2v) is 6.16. The lowest BCUT2D eigenvalue weighted by molar-refractivity contribution is -0.384. The number of hydrazine groups is 1. The fourth-order valence-corrected chi connectivity index (χ4v) is 4.46. The third-order valence-corrected chi connectivity index (χ3v) is 5.22. The molecule has 0 aromatic carbocycles. The number of nitrogens with zero attached hydrogens (tertiary/aromatic N) is 2. The third kappa shape index (κ3) is 1.66. The molecule has 3 fully saturated rings. The van der Waals surface area contributed by atoms with E-state index in [1.165, 1.54) is 31.4 Å². The summed E-state index contributed by atoms with van der Waals surface area (Å²) in [7, 11) is 0. The van der Waals surface area contributed by atoms with Gasteiger partial charge in [0.25, 0.3) is 5.69 Å². The first kappa shape index (κ1) is 11.9. The average molecular weight is 275 g/mol. The van der Waals surface area contributed by atoms with Gasteiger partial charge in [0.1, 0.15) is 11.6 Å². The summed E-state index contributed by atoms with van der Waals surface area (Å²) in [6, 6.07) is 3.26. The summed E-state index contributed by atoms with van der Waals surface area (Å²) in [5, 5.41) is 14.3. The number of nitrogens with two attached hydrogens (primary N) is 1. The van der Waals surface area contributed by atoms with Gasteiger partial charge >= 0.3 is 0 Å². The highest BCUT2D eigenvalue weighted by molar-refractivity contribution is 5.55. The molecule has 4 unspecified atom stereocenters. The van der Waals surface area contributed by atoms with Crippen molar-refractivity contribution in [1.82, 2.24) is 4.98 Å². The first-order valence-electron chi connectivity index (χ1n) is 7.07. The van der Waals surface area contributed by atoms with Gasteiger partial charge in [-0.2, -0.15) is 0 Å². The number of anilines is 2. The van der Waals surface area contributed by atoms with E-state index in [0.29, 0.717) is 17.7 Å². The summed E-state index contributed by atoms with van der Waals surface area (Å²) in [5.74, 6) is 9.40. The maximum atomic E-state index is 10.9. The van der Waals surface area contributed by atoms with Crippen LogP contribution in [0.2, 0.25) is 0 Å². The Morgan fingerprint density at radius 1 is 1.25 bits per heavy atom. The SMILES string of the molecule is NNc1cc([N+](=O)[O-])cc(NC2C3C4CCC(C4)C23)n1. The minimum atomic E-state index is -0.425. The highest BCUT2D eigenvalue weighted by atomic mass is 16.6. The normalized spacial score (nSPS) is 36.5. The van der Waals surface area contributed by atoms with Crippen molar-refractivity contribution in [1.29, 1.82) is 0 Å². The molecule has 0 aliphatic heterocycles. The van der Waals surface area contributed by atoms with Gasteiger partial charge in [0.2, 0.25) is 0 Å². The van der Waals surface area contributed by atoms with E-state index in [4.69, 9.17) is 5.84 Å². The molecule has 1 aromatic heterocycles. The fraction of sp³-hybridized carbons (Fsp3) is 0.615. The molecule has 7 heteroatoms. The van der Waals surface area contributed by atoms with Crippen LogP contribution in [0, 0.1) is 33.8 Å². The van der Waals surface area contributed by atoms with E-state index >= 15 is 0 Å². The summed E-state index contributed by atoms with van der Waals surface area (Å²) in [6.07, 6.45) is 4.08. The Hall–Kier alpha value is -1.89. The Morgan fingerprint density at radius 3 is 2.50 bits per heavy atom. The number of fused-ring (bicyclic) bond motifs is 5. The van der Waals surface area contributed by atoms with Crippen molar-refractivity contribution in [3.63, 3.8) is 0 Å². The molecule has 106 valence electrons. The standard InChI is InChI=1S/C13H17N5O2/c14-17-10-5-8(18(19)20)4-9(15-10)16-13-11-6-1-2-7(3-6)12(11)13/h4-7,11-13H,1-3,14H2,(H2,15,16,17). The van der Waals surface area contributed by atoms with Crippen molar-refractivity contribution in [2.75, 3.05) is 10.7 Å². The van der Waals surface area contributed by atoms with Crippen molar-refractivity contribution in [2.45, 2.75) is 25.3 Å². The lowest BCUT2D eigenvalue weighted by Gasteiger charge is -2.11. The minimum absolute atomic E-state index is 0.00392. The van der Waals surface area contributed by atoms with Gasteiger partial charge in [-0.25, -0.2) is 10.8 Å². The molecule has 0 spiro atoms. The quantitative estimate of drug-likeness (QED) is 0.439. The Labute approximate surface area is 116 Å². The number of aromatic nitrogens is 1. The molecule has 4 N–H and O–H groups in total. The number of nitrogens with one attached hydrogen (secondary N) is 2. The van der Waals surface area contributed by atoms with Crippen LogP contribution >= 0.6 is 0 Å². The van der Waals surface area contributed by atoms with Gasteiger partial charge in [-0.05, 0) is 42.9 Å². The molecule has 20 heavy (non-hydrogen) atoms. The van der Waals surface area contributed by atoms with Gasteiger partial charge in [0.05, 0.1) is 17.1 Å². The van der Waals surface area contributed by atoms with Crippen molar-refractivity contribution >= 4 is 17.3 Å². The largest absolute Gasteiger partial charge is 0.366 e. The van der Waals surface area contributed by atoms with Crippen LogP contribution in [-0.4, -0.2) is 15.9 Å². The minimum Gasteiger partial charge on any atom is -0.366 e. The lowest BCUT2D eigenvalue weighted by atomic mass is 10.0. The van der Waals surface area contributed by atoms with Gasteiger partial charge < -0.3 is 10.7 Å². The van der Waals surface area contributed by atoms with Crippen LogP contribution in [-0.2, 0) is 0 Å². The molecule has 2 bridgehead atoms. The zero-order valence-corrected chi connectivity index (χ0v) is 11.0. The molecular formula is C13H17N5O2. The number of nitrogen functional groups attached to an aromatic ring is 1. The molecule has 3 saturated carbocycles. The monoisotopic (exact) mass is 275 g/mol. The fourth-order valence-electron chi connectivity index (χ4n) is 4.46. The maximum Gasteiger partial charge on any atom is 0.276 e. The zero-order valence-electron chi connectivity index (χ0n) is 11.0. The summed E-state index contributed by atoms with van der Waals surface area (Å²) in [4.78, 5) is 14.7. The second kappa shape index (κ2) is 4.05. The first-order valence-corrected chi connectivity index (χ1v) is 7.07. The summed E-state index contributed by atoms with van der Waals surface area (Å²) < 4.78 is 0. The molecule has 4 rings (SSSR count). The summed E-state index contributed by atoms with van der Waals surface area (Å²) >= 11 is 0.